The highest BCUT2D eigenvalue weighted by molar-refractivity contribution is 5.77. The van der Waals surface area contributed by atoms with Crippen molar-refractivity contribution >= 4 is 5.91 Å². The van der Waals surface area contributed by atoms with Gasteiger partial charge in [-0.05, 0) is 37.0 Å². The zero-order valence-corrected chi connectivity index (χ0v) is 10.4. The smallest absolute Gasteiger partial charge is 0.221 e. The fourth-order valence-corrected chi connectivity index (χ4v) is 3.14. The van der Waals surface area contributed by atoms with Gasteiger partial charge >= 0.3 is 0 Å². The monoisotopic (exact) mass is 224 g/mol. The van der Waals surface area contributed by atoms with Gasteiger partial charge in [0.05, 0.1) is 0 Å². The molecule has 0 spiro atoms. The normalized spacial score (nSPS) is 34.4. The fourth-order valence-electron chi connectivity index (χ4n) is 3.14. The van der Waals surface area contributed by atoms with Crippen LogP contribution in [0.3, 0.4) is 0 Å². The summed E-state index contributed by atoms with van der Waals surface area (Å²) in [5, 5.41) is 3.18. The summed E-state index contributed by atoms with van der Waals surface area (Å²) < 4.78 is 0. The van der Waals surface area contributed by atoms with E-state index in [0.29, 0.717) is 18.4 Å². The molecule has 0 heterocycles. The number of nitrogens with one attached hydrogen (secondary N) is 1. The van der Waals surface area contributed by atoms with Crippen LogP contribution in [0, 0.1) is 17.8 Å². The fraction of sp³-hybridized carbons (Fsp3) is 0.923. The molecule has 2 aliphatic carbocycles. The molecule has 3 heteroatoms. The van der Waals surface area contributed by atoms with E-state index in [1.807, 2.05) is 0 Å². The van der Waals surface area contributed by atoms with Crippen LogP contribution in [0.5, 0.6) is 0 Å². The summed E-state index contributed by atoms with van der Waals surface area (Å²) in [6.07, 6.45) is 5.70. The number of nitrogens with two attached hydrogens (primary N) is 1. The van der Waals surface area contributed by atoms with Gasteiger partial charge in [0.1, 0.15) is 0 Å². The Morgan fingerprint density at radius 2 is 2.12 bits per heavy atom. The van der Waals surface area contributed by atoms with Crippen LogP contribution in [0.2, 0.25) is 0 Å². The van der Waals surface area contributed by atoms with Gasteiger partial charge in [-0.1, -0.05) is 20.3 Å². The molecule has 16 heavy (non-hydrogen) atoms. The number of rotatable bonds is 4. The van der Waals surface area contributed by atoms with Crippen LogP contribution in [0.15, 0.2) is 0 Å². The number of fused-ring (bicyclic) bond motifs is 2. The van der Waals surface area contributed by atoms with Crippen LogP contribution in [0.25, 0.3) is 0 Å². The van der Waals surface area contributed by atoms with Gasteiger partial charge in [-0.3, -0.25) is 4.79 Å². The van der Waals surface area contributed by atoms with Gasteiger partial charge in [-0.25, -0.2) is 0 Å². The summed E-state index contributed by atoms with van der Waals surface area (Å²) in [6.45, 7) is 4.13. The first-order valence-corrected chi connectivity index (χ1v) is 6.61. The summed E-state index contributed by atoms with van der Waals surface area (Å²) in [5.74, 6) is 2.17. The standard InChI is InChI=1S/C13H24N2O/c1-8(2)11(14)7-13(16)15-12-6-9-3-4-10(12)5-9/h8-12H,3-7,14H2,1-2H3,(H,15,16). The Hall–Kier alpha value is -0.570. The Bertz CT molecular complexity index is 265. The second kappa shape index (κ2) is 4.74. The van der Waals surface area contributed by atoms with Crippen molar-refractivity contribution in [1.29, 1.82) is 0 Å². The largest absolute Gasteiger partial charge is 0.353 e. The van der Waals surface area contributed by atoms with Crippen molar-refractivity contribution in [2.24, 2.45) is 23.5 Å². The van der Waals surface area contributed by atoms with Crippen molar-refractivity contribution in [3.05, 3.63) is 0 Å². The Morgan fingerprint density at radius 1 is 1.38 bits per heavy atom. The highest BCUT2D eigenvalue weighted by Gasteiger charge is 2.40. The molecule has 0 aromatic heterocycles. The van der Waals surface area contributed by atoms with E-state index in [-0.39, 0.29) is 11.9 Å². The number of hydrogen-bond acceptors (Lipinski definition) is 2. The van der Waals surface area contributed by atoms with Gasteiger partial charge in [0.15, 0.2) is 0 Å². The molecule has 4 unspecified atom stereocenters. The summed E-state index contributed by atoms with van der Waals surface area (Å²) in [7, 11) is 0. The summed E-state index contributed by atoms with van der Waals surface area (Å²) in [6, 6.07) is 0.448. The maximum atomic E-state index is 11.8. The van der Waals surface area contributed by atoms with Gasteiger partial charge in [-0.2, -0.15) is 0 Å². The van der Waals surface area contributed by atoms with Crippen LogP contribution in [0.4, 0.5) is 0 Å². The first kappa shape index (κ1) is 11.9. The molecule has 92 valence electrons. The van der Waals surface area contributed by atoms with Crippen molar-refractivity contribution < 1.29 is 4.79 Å². The number of amides is 1. The highest BCUT2D eigenvalue weighted by atomic mass is 16.1. The third-order valence-corrected chi connectivity index (χ3v) is 4.36. The molecule has 0 aromatic carbocycles. The molecule has 3 N–H and O–H groups in total. The molecule has 0 aliphatic heterocycles. The predicted molar refractivity (Wildman–Crippen MR) is 64.8 cm³/mol. The SMILES string of the molecule is CC(C)C(N)CC(=O)NC1CC2CCC1C2. The van der Waals surface area contributed by atoms with Gasteiger partial charge in [0.25, 0.3) is 0 Å². The Morgan fingerprint density at radius 3 is 2.62 bits per heavy atom. The highest BCUT2D eigenvalue weighted by Crippen LogP contribution is 2.44. The van der Waals surface area contributed by atoms with Crippen LogP contribution in [0.1, 0.15) is 46.0 Å². The van der Waals surface area contributed by atoms with E-state index in [2.05, 4.69) is 19.2 Å². The number of carbonyl (C=O) groups is 1. The van der Waals surface area contributed by atoms with E-state index in [9.17, 15) is 4.79 Å². The average Bonchev–Trinajstić information content (AvgIpc) is 2.78. The third kappa shape index (κ3) is 2.57. The van der Waals surface area contributed by atoms with E-state index in [4.69, 9.17) is 5.73 Å². The topological polar surface area (TPSA) is 55.1 Å². The molecule has 2 saturated carbocycles. The molecule has 2 rings (SSSR count). The second-order valence-electron chi connectivity index (χ2n) is 5.96. The quantitative estimate of drug-likeness (QED) is 0.763. The molecule has 2 fully saturated rings. The lowest BCUT2D eigenvalue weighted by molar-refractivity contribution is -0.122. The van der Waals surface area contributed by atoms with Crippen LogP contribution in [-0.4, -0.2) is 18.0 Å². The summed E-state index contributed by atoms with van der Waals surface area (Å²) in [5.41, 5.74) is 5.91. The van der Waals surface area contributed by atoms with Crippen molar-refractivity contribution in [3.8, 4) is 0 Å². The van der Waals surface area contributed by atoms with Crippen molar-refractivity contribution in [3.63, 3.8) is 0 Å². The molecule has 0 radical (unpaired) electrons. The zero-order chi connectivity index (χ0) is 11.7. The van der Waals surface area contributed by atoms with E-state index in [1.54, 1.807) is 0 Å². The van der Waals surface area contributed by atoms with Crippen molar-refractivity contribution in [1.82, 2.24) is 5.32 Å². The lowest BCUT2D eigenvalue weighted by atomic mass is 9.94. The van der Waals surface area contributed by atoms with Crippen molar-refractivity contribution in [2.75, 3.05) is 0 Å². The molecular weight excluding hydrogens is 200 g/mol. The van der Waals surface area contributed by atoms with E-state index >= 15 is 0 Å². The van der Waals surface area contributed by atoms with Gasteiger partial charge in [-0.15, -0.1) is 0 Å². The molecule has 0 saturated heterocycles. The molecule has 3 nitrogen and oxygen atoms in total. The maximum Gasteiger partial charge on any atom is 0.221 e. The Labute approximate surface area is 98.2 Å². The maximum absolute atomic E-state index is 11.8. The minimum absolute atomic E-state index is 0.00131. The van der Waals surface area contributed by atoms with Crippen molar-refractivity contribution in [2.45, 2.75) is 58.0 Å². The first-order chi connectivity index (χ1) is 7.56. The average molecular weight is 224 g/mol. The van der Waals surface area contributed by atoms with Crippen LogP contribution < -0.4 is 11.1 Å². The molecule has 2 aliphatic rings. The molecule has 2 bridgehead atoms. The molecule has 1 amide bonds. The second-order valence-corrected chi connectivity index (χ2v) is 5.96. The van der Waals surface area contributed by atoms with E-state index < -0.39 is 0 Å². The Kier molecular flexibility index (Phi) is 3.53. The summed E-state index contributed by atoms with van der Waals surface area (Å²) in [4.78, 5) is 11.8. The zero-order valence-electron chi connectivity index (χ0n) is 10.4. The van der Waals surface area contributed by atoms with E-state index in [1.165, 1.54) is 25.7 Å². The molecule has 0 aromatic rings. The lowest BCUT2D eigenvalue weighted by Crippen LogP contribution is -2.42. The van der Waals surface area contributed by atoms with Crippen LogP contribution in [-0.2, 0) is 4.79 Å². The van der Waals surface area contributed by atoms with Gasteiger partial charge in [0, 0.05) is 18.5 Å². The molecule has 4 atom stereocenters. The predicted octanol–water partition coefficient (Wildman–Crippen LogP) is 1.66. The minimum Gasteiger partial charge on any atom is -0.353 e. The molecular formula is C13H24N2O. The first-order valence-electron chi connectivity index (χ1n) is 6.61. The minimum atomic E-state index is -0.00131. The number of hydrogen-bond donors (Lipinski definition) is 2. The summed E-state index contributed by atoms with van der Waals surface area (Å²) >= 11 is 0. The Balaban J connectivity index is 1.75. The van der Waals surface area contributed by atoms with E-state index in [0.717, 1.165) is 11.8 Å². The number of carbonyl (C=O) groups excluding carboxylic acids is 1. The van der Waals surface area contributed by atoms with Gasteiger partial charge in [0.2, 0.25) is 5.91 Å². The lowest BCUT2D eigenvalue weighted by Gasteiger charge is -2.24. The van der Waals surface area contributed by atoms with Crippen LogP contribution >= 0.6 is 0 Å². The third-order valence-electron chi connectivity index (χ3n) is 4.36. The van der Waals surface area contributed by atoms with Gasteiger partial charge < -0.3 is 11.1 Å².